The molecular formula is C10H15BrO2. The van der Waals surface area contributed by atoms with Crippen molar-refractivity contribution < 1.29 is 9.53 Å². The molecule has 0 spiro atoms. The zero-order chi connectivity index (χ0) is 9.68. The van der Waals surface area contributed by atoms with Crippen molar-refractivity contribution in [3.8, 4) is 0 Å². The summed E-state index contributed by atoms with van der Waals surface area (Å²) in [6, 6.07) is 0. The topological polar surface area (TPSA) is 26.3 Å². The van der Waals surface area contributed by atoms with Crippen molar-refractivity contribution in [1.29, 1.82) is 0 Å². The predicted octanol–water partition coefficient (Wildman–Crippen LogP) is 2.82. The molecule has 1 aliphatic carbocycles. The van der Waals surface area contributed by atoms with Gasteiger partial charge in [-0.3, -0.25) is 4.79 Å². The van der Waals surface area contributed by atoms with Gasteiger partial charge in [-0.25, -0.2) is 0 Å². The zero-order valence-electron chi connectivity index (χ0n) is 7.94. The normalized spacial score (nSPS) is 16.9. The molecule has 3 heteroatoms. The molecule has 0 N–H and O–H groups in total. The van der Waals surface area contributed by atoms with Gasteiger partial charge in [0.25, 0.3) is 0 Å². The largest absolute Gasteiger partial charge is 0.490 e. The van der Waals surface area contributed by atoms with Crippen LogP contribution in [-0.2, 0) is 9.53 Å². The Bertz CT molecular complexity index is 221. The van der Waals surface area contributed by atoms with E-state index in [1.165, 1.54) is 0 Å². The standard InChI is InChI=1S/C10H15BrO2/c1-8-4-5-9(12)10(8)13-7-3-2-6-11/h2-7H2,1H3. The van der Waals surface area contributed by atoms with E-state index in [0.29, 0.717) is 18.8 Å². The fraction of sp³-hybridized carbons (Fsp3) is 0.700. The summed E-state index contributed by atoms with van der Waals surface area (Å²) in [4.78, 5) is 11.3. The lowest BCUT2D eigenvalue weighted by molar-refractivity contribution is -0.118. The molecule has 0 atom stereocenters. The van der Waals surface area contributed by atoms with Gasteiger partial charge < -0.3 is 4.74 Å². The summed E-state index contributed by atoms with van der Waals surface area (Å²) >= 11 is 3.35. The number of carbonyl (C=O) groups excluding carboxylic acids is 1. The van der Waals surface area contributed by atoms with Gasteiger partial charge in [0, 0.05) is 11.8 Å². The Balaban J connectivity index is 2.27. The highest BCUT2D eigenvalue weighted by Crippen LogP contribution is 2.23. The van der Waals surface area contributed by atoms with E-state index in [9.17, 15) is 4.79 Å². The molecule has 0 unspecified atom stereocenters. The van der Waals surface area contributed by atoms with Crippen LogP contribution in [0.15, 0.2) is 11.3 Å². The van der Waals surface area contributed by atoms with Crippen LogP contribution in [0.2, 0.25) is 0 Å². The number of hydrogen-bond acceptors (Lipinski definition) is 2. The molecule has 2 nitrogen and oxygen atoms in total. The number of ketones is 1. The fourth-order valence-electron chi connectivity index (χ4n) is 1.34. The quantitative estimate of drug-likeness (QED) is 0.551. The Hall–Kier alpha value is -0.310. The smallest absolute Gasteiger partial charge is 0.197 e. The molecule has 0 aromatic rings. The number of alkyl halides is 1. The Kier molecular flexibility index (Phi) is 4.50. The highest BCUT2D eigenvalue weighted by atomic mass is 79.9. The first-order valence-corrected chi connectivity index (χ1v) is 5.79. The zero-order valence-corrected chi connectivity index (χ0v) is 9.52. The van der Waals surface area contributed by atoms with E-state index >= 15 is 0 Å². The van der Waals surface area contributed by atoms with Crippen molar-refractivity contribution in [3.05, 3.63) is 11.3 Å². The SMILES string of the molecule is CC1=C(OCCCCBr)C(=O)CC1. The van der Waals surface area contributed by atoms with Gasteiger partial charge in [0.2, 0.25) is 0 Å². The van der Waals surface area contributed by atoms with Crippen LogP contribution in [0.4, 0.5) is 0 Å². The summed E-state index contributed by atoms with van der Waals surface area (Å²) in [5.41, 5.74) is 1.11. The van der Waals surface area contributed by atoms with E-state index in [-0.39, 0.29) is 5.78 Å². The van der Waals surface area contributed by atoms with Crippen LogP contribution in [0.25, 0.3) is 0 Å². The Morgan fingerprint density at radius 2 is 2.15 bits per heavy atom. The summed E-state index contributed by atoms with van der Waals surface area (Å²) < 4.78 is 5.44. The van der Waals surface area contributed by atoms with Crippen molar-refractivity contribution in [1.82, 2.24) is 0 Å². The van der Waals surface area contributed by atoms with Gasteiger partial charge in [-0.2, -0.15) is 0 Å². The van der Waals surface area contributed by atoms with Crippen LogP contribution < -0.4 is 0 Å². The summed E-state index contributed by atoms with van der Waals surface area (Å²) in [5, 5.41) is 1.00. The maximum atomic E-state index is 11.3. The average molecular weight is 247 g/mol. The van der Waals surface area contributed by atoms with Gasteiger partial charge in [-0.1, -0.05) is 15.9 Å². The van der Waals surface area contributed by atoms with Crippen molar-refractivity contribution >= 4 is 21.7 Å². The number of carbonyl (C=O) groups is 1. The molecule has 1 rings (SSSR count). The van der Waals surface area contributed by atoms with Gasteiger partial charge in [0.1, 0.15) is 0 Å². The van der Waals surface area contributed by atoms with Crippen LogP contribution >= 0.6 is 15.9 Å². The first kappa shape index (κ1) is 10.8. The molecule has 0 bridgehead atoms. The number of allylic oxidation sites excluding steroid dienone is 2. The molecular weight excluding hydrogens is 232 g/mol. The Morgan fingerprint density at radius 3 is 2.69 bits per heavy atom. The lowest BCUT2D eigenvalue weighted by Gasteiger charge is -2.05. The lowest BCUT2D eigenvalue weighted by Crippen LogP contribution is -2.03. The minimum Gasteiger partial charge on any atom is -0.490 e. The van der Waals surface area contributed by atoms with Crippen molar-refractivity contribution in [2.75, 3.05) is 11.9 Å². The van der Waals surface area contributed by atoms with Gasteiger partial charge in [0.05, 0.1) is 6.61 Å². The minimum absolute atomic E-state index is 0.177. The van der Waals surface area contributed by atoms with Crippen LogP contribution in [0, 0.1) is 0 Å². The third kappa shape index (κ3) is 3.14. The van der Waals surface area contributed by atoms with Crippen LogP contribution in [0.3, 0.4) is 0 Å². The van der Waals surface area contributed by atoms with E-state index in [1.54, 1.807) is 0 Å². The first-order chi connectivity index (χ1) is 6.25. The molecule has 0 amide bonds. The number of Topliss-reactive ketones (excluding diaryl/α,β-unsaturated/α-hetero) is 1. The summed E-state index contributed by atoms with van der Waals surface area (Å²) in [6.07, 6.45) is 3.63. The van der Waals surface area contributed by atoms with E-state index < -0.39 is 0 Å². The summed E-state index contributed by atoms with van der Waals surface area (Å²) in [5.74, 6) is 0.811. The Morgan fingerprint density at radius 1 is 1.38 bits per heavy atom. The van der Waals surface area contributed by atoms with Gasteiger partial charge in [0.15, 0.2) is 11.5 Å². The molecule has 0 heterocycles. The molecule has 0 saturated carbocycles. The second-order valence-electron chi connectivity index (χ2n) is 3.28. The molecule has 0 aromatic heterocycles. The fourth-order valence-corrected chi connectivity index (χ4v) is 1.74. The van der Waals surface area contributed by atoms with Crippen molar-refractivity contribution in [2.45, 2.75) is 32.6 Å². The lowest BCUT2D eigenvalue weighted by atomic mass is 10.3. The molecule has 0 radical (unpaired) electrons. The molecule has 1 aliphatic rings. The van der Waals surface area contributed by atoms with Crippen LogP contribution in [0.1, 0.15) is 32.6 Å². The second kappa shape index (κ2) is 5.43. The summed E-state index contributed by atoms with van der Waals surface area (Å²) in [6.45, 7) is 2.65. The molecule has 0 fully saturated rings. The maximum absolute atomic E-state index is 11.3. The van der Waals surface area contributed by atoms with E-state index in [2.05, 4.69) is 15.9 Å². The van der Waals surface area contributed by atoms with E-state index in [1.807, 2.05) is 6.92 Å². The number of hydrogen-bond donors (Lipinski definition) is 0. The molecule has 0 aromatic carbocycles. The van der Waals surface area contributed by atoms with E-state index in [0.717, 1.165) is 30.2 Å². The highest BCUT2D eigenvalue weighted by Gasteiger charge is 2.21. The predicted molar refractivity (Wildman–Crippen MR) is 55.9 cm³/mol. The van der Waals surface area contributed by atoms with Crippen molar-refractivity contribution in [2.24, 2.45) is 0 Å². The number of ether oxygens (including phenoxy) is 1. The average Bonchev–Trinajstić information content (AvgIpc) is 2.42. The van der Waals surface area contributed by atoms with E-state index in [4.69, 9.17) is 4.74 Å². The van der Waals surface area contributed by atoms with Gasteiger partial charge in [-0.15, -0.1) is 0 Å². The molecule has 74 valence electrons. The van der Waals surface area contributed by atoms with Crippen molar-refractivity contribution in [3.63, 3.8) is 0 Å². The minimum atomic E-state index is 0.177. The maximum Gasteiger partial charge on any atom is 0.197 e. The van der Waals surface area contributed by atoms with Gasteiger partial charge >= 0.3 is 0 Å². The Labute approximate surface area is 87.5 Å². The number of halogens is 1. The molecule has 13 heavy (non-hydrogen) atoms. The highest BCUT2D eigenvalue weighted by molar-refractivity contribution is 9.09. The van der Waals surface area contributed by atoms with Gasteiger partial charge in [-0.05, 0) is 31.8 Å². The van der Waals surface area contributed by atoms with Crippen LogP contribution in [-0.4, -0.2) is 17.7 Å². The second-order valence-corrected chi connectivity index (χ2v) is 4.07. The summed E-state index contributed by atoms with van der Waals surface area (Å²) in [7, 11) is 0. The number of unbranched alkanes of at least 4 members (excludes halogenated alkanes) is 1. The molecule has 0 saturated heterocycles. The monoisotopic (exact) mass is 246 g/mol. The third-order valence-corrected chi connectivity index (χ3v) is 2.70. The molecule has 0 aliphatic heterocycles. The number of rotatable bonds is 5. The third-order valence-electron chi connectivity index (χ3n) is 2.14. The van der Waals surface area contributed by atoms with Crippen LogP contribution in [0.5, 0.6) is 0 Å². The first-order valence-electron chi connectivity index (χ1n) is 4.67.